The van der Waals surface area contributed by atoms with Crippen molar-refractivity contribution in [1.82, 2.24) is 24.3 Å². The Kier molecular flexibility index (Phi) is 5.56. The van der Waals surface area contributed by atoms with Crippen molar-refractivity contribution in [1.29, 1.82) is 0 Å². The van der Waals surface area contributed by atoms with E-state index in [0.717, 1.165) is 41.5 Å². The number of imidazole rings is 1. The third kappa shape index (κ3) is 4.20. The third-order valence-corrected chi connectivity index (χ3v) is 5.83. The lowest BCUT2D eigenvalue weighted by Gasteiger charge is -2.34. The van der Waals surface area contributed by atoms with E-state index in [1.807, 2.05) is 53.6 Å². The molecule has 32 heavy (non-hydrogen) atoms. The number of urea groups is 1. The molecule has 4 aromatic rings. The van der Waals surface area contributed by atoms with Crippen LogP contribution in [-0.4, -0.2) is 56.5 Å². The summed E-state index contributed by atoms with van der Waals surface area (Å²) in [7, 11) is 0. The van der Waals surface area contributed by atoms with E-state index in [-0.39, 0.29) is 6.03 Å². The van der Waals surface area contributed by atoms with Crippen LogP contribution in [0.15, 0.2) is 72.9 Å². The number of hydrogen-bond donors (Lipinski definition) is 1. The van der Waals surface area contributed by atoms with Crippen molar-refractivity contribution < 1.29 is 4.79 Å². The number of amides is 2. The van der Waals surface area contributed by atoms with Crippen molar-refractivity contribution in [3.63, 3.8) is 0 Å². The summed E-state index contributed by atoms with van der Waals surface area (Å²) in [6.07, 6.45) is 1.81. The van der Waals surface area contributed by atoms with Gasteiger partial charge in [-0.3, -0.25) is 9.47 Å². The predicted octanol–water partition coefficient (Wildman–Crippen LogP) is 4.08. The summed E-state index contributed by atoms with van der Waals surface area (Å²) in [4.78, 5) is 26.3. The van der Waals surface area contributed by atoms with Crippen molar-refractivity contribution >= 4 is 22.9 Å². The molecular formula is C25H26N6O. The fourth-order valence-corrected chi connectivity index (χ4v) is 4.06. The highest BCUT2D eigenvalue weighted by molar-refractivity contribution is 5.89. The lowest BCUT2D eigenvalue weighted by Crippen LogP contribution is -2.49. The van der Waals surface area contributed by atoms with E-state index in [4.69, 9.17) is 4.98 Å². The minimum Gasteiger partial charge on any atom is -0.322 e. The zero-order valence-corrected chi connectivity index (χ0v) is 18.1. The van der Waals surface area contributed by atoms with Gasteiger partial charge in [-0.05, 0) is 43.3 Å². The fraction of sp³-hybridized carbons (Fsp3) is 0.240. The number of aryl methyl sites for hydroxylation is 1. The van der Waals surface area contributed by atoms with Gasteiger partial charge in [0.15, 0.2) is 5.65 Å². The molecule has 2 aromatic heterocycles. The molecule has 5 rings (SSSR count). The Morgan fingerprint density at radius 2 is 1.69 bits per heavy atom. The molecule has 7 heteroatoms. The first-order valence-electron chi connectivity index (χ1n) is 10.9. The van der Waals surface area contributed by atoms with Crippen LogP contribution in [-0.2, 0) is 6.54 Å². The molecule has 1 N–H and O–H groups in total. The second-order valence-corrected chi connectivity index (χ2v) is 8.10. The molecule has 1 aliphatic rings. The van der Waals surface area contributed by atoms with Crippen molar-refractivity contribution in [2.45, 2.75) is 13.5 Å². The summed E-state index contributed by atoms with van der Waals surface area (Å²) < 4.78 is 2.14. The SMILES string of the molecule is Cc1ccc(-n2c(CN3CCN(C(=O)Nc4ccccc4)CC3)nc3cccnc32)cc1. The molecule has 0 bridgehead atoms. The number of piperazine rings is 1. The summed E-state index contributed by atoms with van der Waals surface area (Å²) in [5, 5.41) is 2.97. The van der Waals surface area contributed by atoms with Crippen molar-refractivity contribution in [2.24, 2.45) is 0 Å². The van der Waals surface area contributed by atoms with Crippen LogP contribution >= 0.6 is 0 Å². The van der Waals surface area contributed by atoms with Crippen molar-refractivity contribution in [3.8, 4) is 5.69 Å². The topological polar surface area (TPSA) is 66.3 Å². The van der Waals surface area contributed by atoms with E-state index < -0.39 is 0 Å². The molecule has 1 saturated heterocycles. The van der Waals surface area contributed by atoms with Gasteiger partial charge in [-0.25, -0.2) is 14.8 Å². The van der Waals surface area contributed by atoms with Gasteiger partial charge < -0.3 is 10.2 Å². The molecule has 7 nitrogen and oxygen atoms in total. The van der Waals surface area contributed by atoms with Crippen LogP contribution in [0, 0.1) is 6.92 Å². The molecule has 0 atom stereocenters. The first-order chi connectivity index (χ1) is 15.7. The number of aromatic nitrogens is 3. The molecule has 3 heterocycles. The van der Waals surface area contributed by atoms with E-state index in [1.54, 1.807) is 0 Å². The number of fused-ring (bicyclic) bond motifs is 1. The minimum atomic E-state index is -0.0491. The van der Waals surface area contributed by atoms with Crippen LogP contribution in [0.5, 0.6) is 0 Å². The van der Waals surface area contributed by atoms with E-state index in [1.165, 1.54) is 5.56 Å². The number of hydrogen-bond acceptors (Lipinski definition) is 4. The lowest BCUT2D eigenvalue weighted by atomic mass is 10.2. The molecular weight excluding hydrogens is 400 g/mol. The second-order valence-electron chi connectivity index (χ2n) is 8.10. The Morgan fingerprint density at radius 3 is 2.44 bits per heavy atom. The molecule has 2 aromatic carbocycles. The molecule has 0 spiro atoms. The van der Waals surface area contributed by atoms with Gasteiger partial charge in [-0.2, -0.15) is 0 Å². The Hall–Kier alpha value is -3.71. The highest BCUT2D eigenvalue weighted by Gasteiger charge is 2.23. The first kappa shape index (κ1) is 20.2. The zero-order valence-electron chi connectivity index (χ0n) is 18.1. The Morgan fingerprint density at radius 1 is 0.938 bits per heavy atom. The molecule has 1 fully saturated rings. The Bertz CT molecular complexity index is 1210. The largest absolute Gasteiger partial charge is 0.322 e. The normalized spacial score (nSPS) is 14.6. The van der Waals surface area contributed by atoms with Crippen LogP contribution in [0.2, 0.25) is 0 Å². The van der Waals surface area contributed by atoms with Gasteiger partial charge in [-0.15, -0.1) is 0 Å². The highest BCUT2D eigenvalue weighted by Crippen LogP contribution is 2.22. The summed E-state index contributed by atoms with van der Waals surface area (Å²) >= 11 is 0. The average Bonchev–Trinajstić information content (AvgIpc) is 3.18. The standard InChI is InChI=1S/C25H26N6O/c1-19-9-11-21(12-10-19)31-23(28-22-8-5-13-26-24(22)31)18-29-14-16-30(17-15-29)25(32)27-20-6-3-2-4-7-20/h2-13H,14-18H2,1H3,(H,27,32). The second kappa shape index (κ2) is 8.80. The quantitative estimate of drug-likeness (QED) is 0.534. The number of carbonyl (C=O) groups is 1. The zero-order chi connectivity index (χ0) is 21.9. The van der Waals surface area contributed by atoms with E-state index in [2.05, 4.69) is 51.0 Å². The molecule has 162 valence electrons. The number of rotatable bonds is 4. The molecule has 1 aliphatic heterocycles. The van der Waals surface area contributed by atoms with Crippen LogP contribution in [0.1, 0.15) is 11.4 Å². The van der Waals surface area contributed by atoms with Crippen molar-refractivity contribution in [3.05, 3.63) is 84.3 Å². The van der Waals surface area contributed by atoms with E-state index >= 15 is 0 Å². The molecule has 0 radical (unpaired) electrons. The van der Waals surface area contributed by atoms with Gasteiger partial charge >= 0.3 is 6.03 Å². The highest BCUT2D eigenvalue weighted by atomic mass is 16.2. The number of carbonyl (C=O) groups excluding carboxylic acids is 1. The van der Waals surface area contributed by atoms with Gasteiger partial charge in [0.25, 0.3) is 0 Å². The first-order valence-corrected chi connectivity index (χ1v) is 10.9. The van der Waals surface area contributed by atoms with Crippen LogP contribution in [0.3, 0.4) is 0 Å². The van der Waals surface area contributed by atoms with Gasteiger partial charge in [0.2, 0.25) is 0 Å². The van der Waals surface area contributed by atoms with Gasteiger partial charge in [-0.1, -0.05) is 35.9 Å². The molecule has 0 aliphatic carbocycles. The predicted molar refractivity (Wildman–Crippen MR) is 126 cm³/mol. The number of benzene rings is 2. The van der Waals surface area contributed by atoms with Gasteiger partial charge in [0, 0.05) is 43.8 Å². The van der Waals surface area contributed by atoms with Gasteiger partial charge in [0.05, 0.1) is 6.54 Å². The smallest absolute Gasteiger partial charge is 0.321 e. The number of para-hydroxylation sites is 1. The number of nitrogens with one attached hydrogen (secondary N) is 1. The third-order valence-electron chi connectivity index (χ3n) is 5.83. The molecule has 0 saturated carbocycles. The Labute approximate surface area is 187 Å². The summed E-state index contributed by atoms with van der Waals surface area (Å²) in [5.41, 5.74) is 4.86. The molecule has 2 amide bonds. The maximum absolute atomic E-state index is 12.6. The van der Waals surface area contributed by atoms with Gasteiger partial charge in [0.1, 0.15) is 11.3 Å². The number of anilines is 1. The fourth-order valence-electron chi connectivity index (χ4n) is 4.06. The summed E-state index contributed by atoms with van der Waals surface area (Å²) in [6.45, 7) is 5.75. The van der Waals surface area contributed by atoms with E-state index in [0.29, 0.717) is 19.6 Å². The maximum Gasteiger partial charge on any atom is 0.321 e. The monoisotopic (exact) mass is 426 g/mol. The minimum absolute atomic E-state index is 0.0491. The summed E-state index contributed by atoms with van der Waals surface area (Å²) in [5.74, 6) is 0.963. The van der Waals surface area contributed by atoms with Crippen LogP contribution < -0.4 is 5.32 Å². The average molecular weight is 427 g/mol. The summed E-state index contributed by atoms with van der Waals surface area (Å²) in [6, 6.07) is 21.9. The lowest BCUT2D eigenvalue weighted by molar-refractivity contribution is 0.140. The van der Waals surface area contributed by atoms with E-state index in [9.17, 15) is 4.79 Å². The van der Waals surface area contributed by atoms with Crippen molar-refractivity contribution in [2.75, 3.05) is 31.5 Å². The number of pyridine rings is 1. The Balaban J connectivity index is 1.30. The maximum atomic E-state index is 12.6. The number of nitrogens with zero attached hydrogens (tertiary/aromatic N) is 5. The van der Waals surface area contributed by atoms with Crippen LogP contribution in [0.25, 0.3) is 16.9 Å². The molecule has 0 unspecified atom stereocenters. The van der Waals surface area contributed by atoms with Crippen LogP contribution in [0.4, 0.5) is 10.5 Å².